The summed E-state index contributed by atoms with van der Waals surface area (Å²) in [5.41, 5.74) is 2.61. The van der Waals surface area contributed by atoms with Crippen molar-refractivity contribution in [1.82, 2.24) is 4.90 Å². The van der Waals surface area contributed by atoms with Gasteiger partial charge in [-0.2, -0.15) is 5.26 Å². The third kappa shape index (κ3) is 2.99. The van der Waals surface area contributed by atoms with Crippen LogP contribution in [0.15, 0.2) is 22.7 Å². The second kappa shape index (κ2) is 5.52. The van der Waals surface area contributed by atoms with Crippen LogP contribution in [0.4, 0.5) is 5.69 Å². The number of benzene rings is 1. The smallest absolute Gasteiger partial charge is 0.0867 e. The molecular weight excluding hydrogens is 278 g/mol. The van der Waals surface area contributed by atoms with Crippen molar-refractivity contribution in [3.63, 3.8) is 0 Å². The van der Waals surface area contributed by atoms with Crippen LogP contribution in [0.3, 0.4) is 0 Å². The first-order valence-corrected chi connectivity index (χ1v) is 6.60. The minimum absolute atomic E-state index is 0.549. The SMILES string of the molecule is Cc1cc(Br)ccc1N1CCN(CC#N)CC1. The first-order valence-electron chi connectivity index (χ1n) is 5.81. The third-order valence-corrected chi connectivity index (χ3v) is 3.66. The molecule has 1 aromatic carbocycles. The Morgan fingerprint density at radius 3 is 2.59 bits per heavy atom. The fourth-order valence-electron chi connectivity index (χ4n) is 2.22. The Bertz CT molecular complexity index is 431. The summed E-state index contributed by atoms with van der Waals surface area (Å²) < 4.78 is 1.13. The molecule has 0 aliphatic carbocycles. The van der Waals surface area contributed by atoms with Crippen LogP contribution in [0.2, 0.25) is 0 Å². The van der Waals surface area contributed by atoms with E-state index in [-0.39, 0.29) is 0 Å². The Morgan fingerprint density at radius 1 is 1.29 bits per heavy atom. The Hall–Kier alpha value is -1.05. The zero-order chi connectivity index (χ0) is 12.3. The standard InChI is InChI=1S/C13H16BrN3/c1-11-10-12(14)2-3-13(11)17-8-6-16(5-4-15)7-9-17/h2-3,10H,5-9H2,1H3. The van der Waals surface area contributed by atoms with Crippen LogP contribution < -0.4 is 4.90 Å². The van der Waals surface area contributed by atoms with Gasteiger partial charge in [0.1, 0.15) is 0 Å². The monoisotopic (exact) mass is 293 g/mol. The lowest BCUT2D eigenvalue weighted by molar-refractivity contribution is 0.287. The normalized spacial score (nSPS) is 16.9. The molecule has 0 unspecified atom stereocenters. The number of aryl methyl sites for hydroxylation is 1. The maximum atomic E-state index is 8.67. The maximum Gasteiger partial charge on any atom is 0.0867 e. The van der Waals surface area contributed by atoms with Crippen molar-refractivity contribution in [2.75, 3.05) is 37.6 Å². The van der Waals surface area contributed by atoms with Gasteiger partial charge in [-0.3, -0.25) is 4.90 Å². The quantitative estimate of drug-likeness (QED) is 0.785. The zero-order valence-corrected chi connectivity index (χ0v) is 11.6. The number of halogens is 1. The highest BCUT2D eigenvalue weighted by molar-refractivity contribution is 9.10. The number of nitrogens with zero attached hydrogens (tertiary/aromatic N) is 3. The van der Waals surface area contributed by atoms with E-state index in [2.05, 4.69) is 56.9 Å². The predicted molar refractivity (Wildman–Crippen MR) is 73.1 cm³/mol. The van der Waals surface area contributed by atoms with Gasteiger partial charge < -0.3 is 4.90 Å². The molecule has 1 saturated heterocycles. The van der Waals surface area contributed by atoms with Gasteiger partial charge in [-0.25, -0.2) is 0 Å². The lowest BCUT2D eigenvalue weighted by atomic mass is 10.1. The van der Waals surface area contributed by atoms with Crippen LogP contribution in [0.1, 0.15) is 5.56 Å². The highest BCUT2D eigenvalue weighted by Gasteiger charge is 2.17. The molecule has 90 valence electrons. The number of hydrogen-bond donors (Lipinski definition) is 0. The molecule has 0 atom stereocenters. The van der Waals surface area contributed by atoms with Gasteiger partial charge in [0.15, 0.2) is 0 Å². The summed E-state index contributed by atoms with van der Waals surface area (Å²) in [6.45, 7) is 6.65. The largest absolute Gasteiger partial charge is 0.369 e. The predicted octanol–water partition coefficient (Wildman–Crippen LogP) is 2.40. The molecule has 1 aliphatic heterocycles. The minimum atomic E-state index is 0.549. The molecule has 4 heteroatoms. The van der Waals surface area contributed by atoms with Crippen molar-refractivity contribution in [2.24, 2.45) is 0 Å². The number of hydrogen-bond acceptors (Lipinski definition) is 3. The highest BCUT2D eigenvalue weighted by atomic mass is 79.9. The molecule has 0 bridgehead atoms. The van der Waals surface area contributed by atoms with Crippen LogP contribution in [0.5, 0.6) is 0 Å². The Balaban J connectivity index is 2.03. The highest BCUT2D eigenvalue weighted by Crippen LogP contribution is 2.24. The first kappa shape index (κ1) is 12.4. The molecule has 17 heavy (non-hydrogen) atoms. The van der Waals surface area contributed by atoms with E-state index in [0.717, 1.165) is 30.7 Å². The van der Waals surface area contributed by atoms with E-state index in [4.69, 9.17) is 5.26 Å². The van der Waals surface area contributed by atoms with Crippen LogP contribution in [0.25, 0.3) is 0 Å². The molecule has 0 spiro atoms. The summed E-state index contributed by atoms with van der Waals surface area (Å²) in [5, 5.41) is 8.67. The topological polar surface area (TPSA) is 30.3 Å². The Kier molecular flexibility index (Phi) is 4.03. The number of nitriles is 1. The summed E-state index contributed by atoms with van der Waals surface area (Å²) >= 11 is 3.49. The van der Waals surface area contributed by atoms with Gasteiger partial charge in [0, 0.05) is 36.3 Å². The van der Waals surface area contributed by atoms with Gasteiger partial charge in [-0.1, -0.05) is 15.9 Å². The van der Waals surface area contributed by atoms with E-state index < -0.39 is 0 Å². The molecule has 2 rings (SSSR count). The van der Waals surface area contributed by atoms with E-state index in [9.17, 15) is 0 Å². The van der Waals surface area contributed by atoms with Crippen LogP contribution in [0, 0.1) is 18.3 Å². The summed E-state index contributed by atoms with van der Waals surface area (Å²) in [6, 6.07) is 8.62. The average molecular weight is 294 g/mol. The molecule has 0 N–H and O–H groups in total. The van der Waals surface area contributed by atoms with E-state index in [0.29, 0.717) is 6.54 Å². The van der Waals surface area contributed by atoms with Gasteiger partial charge in [0.2, 0.25) is 0 Å². The van der Waals surface area contributed by atoms with E-state index in [1.807, 2.05) is 0 Å². The molecule has 0 aromatic heterocycles. The first-order chi connectivity index (χ1) is 8.20. The number of rotatable bonds is 2. The molecule has 1 aliphatic rings. The lowest BCUT2D eigenvalue weighted by Crippen LogP contribution is -2.46. The maximum absolute atomic E-state index is 8.67. The fraction of sp³-hybridized carbons (Fsp3) is 0.462. The van der Waals surface area contributed by atoms with Crippen molar-refractivity contribution in [3.8, 4) is 6.07 Å². The third-order valence-electron chi connectivity index (χ3n) is 3.17. The van der Waals surface area contributed by atoms with Gasteiger partial charge in [0.05, 0.1) is 12.6 Å². The van der Waals surface area contributed by atoms with Crippen LogP contribution in [-0.4, -0.2) is 37.6 Å². The minimum Gasteiger partial charge on any atom is -0.369 e. The Labute approximate surface area is 111 Å². The summed E-state index contributed by atoms with van der Waals surface area (Å²) in [4.78, 5) is 4.60. The zero-order valence-electron chi connectivity index (χ0n) is 9.99. The second-order valence-electron chi connectivity index (χ2n) is 4.35. The van der Waals surface area contributed by atoms with Gasteiger partial charge in [-0.05, 0) is 30.7 Å². The molecule has 1 fully saturated rings. The molecule has 0 amide bonds. The summed E-state index contributed by atoms with van der Waals surface area (Å²) in [5.74, 6) is 0. The molecule has 1 heterocycles. The van der Waals surface area contributed by atoms with Crippen molar-refractivity contribution in [3.05, 3.63) is 28.2 Å². The summed E-state index contributed by atoms with van der Waals surface area (Å²) in [7, 11) is 0. The van der Waals surface area contributed by atoms with Gasteiger partial charge in [0.25, 0.3) is 0 Å². The van der Waals surface area contributed by atoms with Crippen molar-refractivity contribution < 1.29 is 0 Å². The molecule has 3 nitrogen and oxygen atoms in total. The van der Waals surface area contributed by atoms with Crippen molar-refractivity contribution in [1.29, 1.82) is 5.26 Å². The average Bonchev–Trinajstić information content (AvgIpc) is 2.31. The Morgan fingerprint density at radius 2 is 2.00 bits per heavy atom. The van der Waals surface area contributed by atoms with Gasteiger partial charge in [-0.15, -0.1) is 0 Å². The molecule has 0 radical (unpaired) electrons. The fourth-order valence-corrected chi connectivity index (χ4v) is 2.70. The van der Waals surface area contributed by atoms with Crippen LogP contribution in [-0.2, 0) is 0 Å². The molecule has 0 saturated carbocycles. The van der Waals surface area contributed by atoms with Gasteiger partial charge >= 0.3 is 0 Å². The van der Waals surface area contributed by atoms with Crippen LogP contribution >= 0.6 is 15.9 Å². The van der Waals surface area contributed by atoms with E-state index in [1.165, 1.54) is 11.3 Å². The number of anilines is 1. The van der Waals surface area contributed by atoms with Crippen molar-refractivity contribution in [2.45, 2.75) is 6.92 Å². The van der Waals surface area contributed by atoms with E-state index in [1.54, 1.807) is 0 Å². The molecule has 1 aromatic rings. The number of piperazine rings is 1. The lowest BCUT2D eigenvalue weighted by Gasteiger charge is -2.35. The van der Waals surface area contributed by atoms with Crippen molar-refractivity contribution >= 4 is 21.6 Å². The molecular formula is C13H16BrN3. The van der Waals surface area contributed by atoms with E-state index >= 15 is 0 Å². The second-order valence-corrected chi connectivity index (χ2v) is 5.27. The summed E-state index contributed by atoms with van der Waals surface area (Å²) in [6.07, 6.45) is 0.